The van der Waals surface area contributed by atoms with E-state index < -0.39 is 0 Å². The summed E-state index contributed by atoms with van der Waals surface area (Å²) in [5.74, 6) is 1.07. The van der Waals surface area contributed by atoms with Crippen molar-refractivity contribution in [3.8, 4) is 23.0 Å². The van der Waals surface area contributed by atoms with E-state index in [0.717, 1.165) is 47.9 Å². The van der Waals surface area contributed by atoms with Crippen molar-refractivity contribution in [3.63, 3.8) is 0 Å². The number of aliphatic imine (C=N–C) groups is 4. The van der Waals surface area contributed by atoms with Gasteiger partial charge in [0.15, 0.2) is 0 Å². The Morgan fingerprint density at radius 3 is 0.645 bits per heavy atom. The number of rotatable bonds is 42. The zero-order valence-electron chi connectivity index (χ0n) is 48.3. The average molecular weight is 1040 g/mol. The zero-order chi connectivity index (χ0) is 54.5. The molecule has 0 aromatic heterocycles. The number of phenolic OH excluding ortho intramolecular Hbond substituents is 4. The summed E-state index contributed by atoms with van der Waals surface area (Å²) in [5.41, 5.74) is 8.08. The summed E-state index contributed by atoms with van der Waals surface area (Å²) in [6.07, 6.45) is 47.6. The van der Waals surface area contributed by atoms with Gasteiger partial charge in [0, 0.05) is 47.1 Å². The highest BCUT2D eigenvalue weighted by Crippen LogP contribution is 2.23. The standard InChI is InChI=1S/2C34H52N2O2/c2*1-3-5-7-9-11-13-15-17-29-19-21-33(37)31(25-29)27-35-23-24-36-28-32-26-30(20-22-34(32)38)18-16-14-12-10-8-6-4-2/h2*19-22,25-28,37-38H,3-18,23-24H2,1-2H3/b2*35-27+,36-28+. The Hall–Kier alpha value is -5.24. The summed E-state index contributed by atoms with van der Waals surface area (Å²) in [5, 5.41) is 40.8. The quantitative estimate of drug-likeness (QED) is 0.0260. The molecule has 0 heterocycles. The lowest BCUT2D eigenvalue weighted by Gasteiger charge is -2.05. The minimum atomic E-state index is 0.267. The lowest BCUT2D eigenvalue weighted by molar-refractivity contribution is 0.473. The molecule has 76 heavy (non-hydrogen) atoms. The first-order valence-corrected chi connectivity index (χ1v) is 30.5. The van der Waals surface area contributed by atoms with Crippen LogP contribution in [-0.2, 0) is 25.7 Å². The molecule has 0 aliphatic rings. The Labute approximate surface area is 462 Å². The second-order valence-corrected chi connectivity index (χ2v) is 21.2. The number of unbranched alkanes of at least 4 members (excludes halogenated alkanes) is 24. The third kappa shape index (κ3) is 31.1. The Morgan fingerprint density at radius 1 is 0.263 bits per heavy atom. The van der Waals surface area contributed by atoms with Crippen LogP contribution in [0.2, 0.25) is 0 Å². The van der Waals surface area contributed by atoms with Gasteiger partial charge in [-0.2, -0.15) is 0 Å². The molecule has 8 heteroatoms. The molecular formula is C68H104N4O4. The number of hydrogen-bond acceptors (Lipinski definition) is 8. The van der Waals surface area contributed by atoms with Crippen LogP contribution in [0.3, 0.4) is 0 Å². The van der Waals surface area contributed by atoms with Crippen LogP contribution in [0.4, 0.5) is 0 Å². The minimum absolute atomic E-state index is 0.267. The van der Waals surface area contributed by atoms with E-state index in [1.165, 1.54) is 202 Å². The van der Waals surface area contributed by atoms with E-state index in [2.05, 4.69) is 47.7 Å². The molecule has 0 unspecified atom stereocenters. The van der Waals surface area contributed by atoms with Gasteiger partial charge in [-0.3, -0.25) is 20.0 Å². The topological polar surface area (TPSA) is 130 Å². The molecule has 0 bridgehead atoms. The summed E-state index contributed by atoms with van der Waals surface area (Å²) in [7, 11) is 0. The monoisotopic (exact) mass is 1040 g/mol. The van der Waals surface area contributed by atoms with Crippen LogP contribution >= 0.6 is 0 Å². The van der Waals surface area contributed by atoms with Crippen molar-refractivity contribution in [1.29, 1.82) is 0 Å². The van der Waals surface area contributed by atoms with Gasteiger partial charge in [0.05, 0.1) is 26.2 Å². The highest BCUT2D eigenvalue weighted by Gasteiger charge is 2.06. The van der Waals surface area contributed by atoms with Crippen molar-refractivity contribution in [2.75, 3.05) is 26.2 Å². The summed E-state index contributed by atoms with van der Waals surface area (Å²) in [6, 6.07) is 23.4. The number of benzene rings is 4. The lowest BCUT2D eigenvalue weighted by Crippen LogP contribution is -1.94. The SMILES string of the molecule is CCCCCCCCCc1ccc(O)c(/C=N/CC/N=C/c2cc(CCCCCCCCC)ccc2O)c1.CCCCCCCCCc1ccc(O)c(/C=N/CC/N=C/c2cc(CCCCCCCCC)ccc2O)c1. The number of hydrogen-bond donors (Lipinski definition) is 4. The highest BCUT2D eigenvalue weighted by atomic mass is 16.3. The van der Waals surface area contributed by atoms with Gasteiger partial charge < -0.3 is 20.4 Å². The van der Waals surface area contributed by atoms with Gasteiger partial charge in [-0.1, -0.05) is 206 Å². The Kier molecular flexibility index (Phi) is 37.5. The van der Waals surface area contributed by atoms with Gasteiger partial charge in [-0.15, -0.1) is 0 Å². The average Bonchev–Trinajstić information content (AvgIpc) is 3.42. The zero-order valence-corrected chi connectivity index (χ0v) is 48.3. The fourth-order valence-corrected chi connectivity index (χ4v) is 9.48. The molecule has 4 aromatic carbocycles. The molecule has 0 fully saturated rings. The van der Waals surface area contributed by atoms with Crippen LogP contribution in [-0.4, -0.2) is 71.5 Å². The first-order valence-electron chi connectivity index (χ1n) is 30.5. The van der Waals surface area contributed by atoms with Gasteiger partial charge in [-0.25, -0.2) is 0 Å². The maximum atomic E-state index is 10.2. The Morgan fingerprint density at radius 2 is 0.447 bits per heavy atom. The van der Waals surface area contributed by atoms with Crippen LogP contribution in [0, 0.1) is 0 Å². The number of aryl methyl sites for hydroxylation is 4. The number of phenols is 4. The smallest absolute Gasteiger partial charge is 0.124 e. The first-order chi connectivity index (χ1) is 37.3. The molecule has 4 N–H and O–H groups in total. The normalized spacial score (nSPS) is 11.7. The van der Waals surface area contributed by atoms with Gasteiger partial charge in [0.1, 0.15) is 23.0 Å². The largest absolute Gasteiger partial charge is 0.507 e. The fourth-order valence-electron chi connectivity index (χ4n) is 9.48. The van der Waals surface area contributed by atoms with Gasteiger partial charge in [0.25, 0.3) is 0 Å². The van der Waals surface area contributed by atoms with E-state index in [9.17, 15) is 20.4 Å². The van der Waals surface area contributed by atoms with Crippen LogP contribution in [0.25, 0.3) is 0 Å². The maximum Gasteiger partial charge on any atom is 0.124 e. The Balaban J connectivity index is 0.000000400. The molecular weight excluding hydrogens is 937 g/mol. The highest BCUT2D eigenvalue weighted by molar-refractivity contribution is 5.85. The third-order valence-corrected chi connectivity index (χ3v) is 14.3. The predicted octanol–water partition coefficient (Wildman–Crippen LogP) is 18.4. The van der Waals surface area contributed by atoms with E-state index >= 15 is 0 Å². The van der Waals surface area contributed by atoms with E-state index in [0.29, 0.717) is 26.2 Å². The molecule has 0 radical (unpaired) electrons. The molecule has 4 rings (SSSR count). The van der Waals surface area contributed by atoms with Crippen LogP contribution < -0.4 is 0 Å². The molecule has 4 aromatic rings. The second-order valence-electron chi connectivity index (χ2n) is 21.2. The van der Waals surface area contributed by atoms with Gasteiger partial charge in [0.2, 0.25) is 0 Å². The van der Waals surface area contributed by atoms with Crippen molar-refractivity contribution in [1.82, 2.24) is 0 Å². The summed E-state index contributed by atoms with van der Waals surface area (Å²) in [6.45, 7) is 11.2. The summed E-state index contributed by atoms with van der Waals surface area (Å²) >= 11 is 0. The van der Waals surface area contributed by atoms with Crippen molar-refractivity contribution in [3.05, 3.63) is 117 Å². The molecule has 0 spiro atoms. The molecule has 0 aliphatic carbocycles. The van der Waals surface area contributed by atoms with Crippen LogP contribution in [0.15, 0.2) is 92.8 Å². The molecule has 0 amide bonds. The molecule has 0 atom stereocenters. The van der Waals surface area contributed by atoms with Crippen molar-refractivity contribution >= 4 is 24.9 Å². The van der Waals surface area contributed by atoms with Crippen molar-refractivity contribution in [2.45, 2.75) is 233 Å². The van der Waals surface area contributed by atoms with E-state index in [1.54, 1.807) is 49.1 Å². The third-order valence-electron chi connectivity index (χ3n) is 14.3. The van der Waals surface area contributed by atoms with Crippen LogP contribution in [0.1, 0.15) is 252 Å². The Bertz CT molecular complexity index is 1900. The molecule has 8 nitrogen and oxygen atoms in total. The minimum Gasteiger partial charge on any atom is -0.507 e. The second kappa shape index (κ2) is 43.8. The number of nitrogens with zero attached hydrogens (tertiary/aromatic N) is 4. The summed E-state index contributed by atoms with van der Waals surface area (Å²) in [4.78, 5) is 17.9. The van der Waals surface area contributed by atoms with Gasteiger partial charge >= 0.3 is 0 Å². The number of aromatic hydroxyl groups is 4. The van der Waals surface area contributed by atoms with E-state index in [1.807, 2.05) is 48.5 Å². The lowest BCUT2D eigenvalue weighted by atomic mass is 10.0. The molecule has 0 saturated heterocycles. The molecule has 0 aliphatic heterocycles. The summed E-state index contributed by atoms with van der Waals surface area (Å²) < 4.78 is 0. The molecule has 0 saturated carbocycles. The van der Waals surface area contributed by atoms with E-state index in [-0.39, 0.29) is 23.0 Å². The molecule has 420 valence electrons. The van der Waals surface area contributed by atoms with Crippen molar-refractivity contribution in [2.24, 2.45) is 20.0 Å². The van der Waals surface area contributed by atoms with Gasteiger partial charge in [-0.05, 0) is 122 Å². The first kappa shape index (κ1) is 65.0. The van der Waals surface area contributed by atoms with Crippen molar-refractivity contribution < 1.29 is 20.4 Å². The van der Waals surface area contributed by atoms with Crippen LogP contribution in [0.5, 0.6) is 23.0 Å². The maximum absolute atomic E-state index is 10.2. The van der Waals surface area contributed by atoms with E-state index in [4.69, 9.17) is 0 Å². The fraction of sp³-hybridized carbons (Fsp3) is 0.588. The predicted molar refractivity (Wildman–Crippen MR) is 329 cm³/mol.